The molecule has 4 amide bonds. The highest BCUT2D eigenvalue weighted by atomic mass is 19.4. The van der Waals surface area contributed by atoms with E-state index in [0.717, 1.165) is 16.0 Å². The van der Waals surface area contributed by atoms with E-state index in [0.29, 0.717) is 38.8 Å². The molecule has 244 valence electrons. The summed E-state index contributed by atoms with van der Waals surface area (Å²) in [5, 5.41) is 15.0. The van der Waals surface area contributed by atoms with Gasteiger partial charge in [0.05, 0.1) is 13.0 Å². The standard InChI is InChI=1S/C31H37F3N4O7/c32-31(33,34)13-12-25(39)35-23-11-5-3-1-2-4-10-21-15-30(21,28(42)43)36-26(40)24-14-22(18-38(24)27(23)41)45-29(44)37-16-19-8-6-7-9-20(19)17-37/h4,6-10,21-24H,1-3,5,11-18H2,(H,35,39)(H,36,40)(H,42,43)/t21?,22-,23+,24+,30-/m1/s1. The van der Waals surface area contributed by atoms with E-state index in [4.69, 9.17) is 4.74 Å². The van der Waals surface area contributed by atoms with Gasteiger partial charge in [-0.15, -0.1) is 0 Å². The molecular weight excluding hydrogens is 597 g/mol. The summed E-state index contributed by atoms with van der Waals surface area (Å²) in [6.07, 6.45) is -2.02. The number of carbonyl (C=O) groups excluding carboxylic acids is 4. The Morgan fingerprint density at radius 1 is 1.09 bits per heavy atom. The Kier molecular flexibility index (Phi) is 9.40. The quantitative estimate of drug-likeness (QED) is 0.421. The molecule has 1 unspecified atom stereocenters. The van der Waals surface area contributed by atoms with Crippen molar-refractivity contribution >= 4 is 29.8 Å². The van der Waals surface area contributed by atoms with Crippen LogP contribution < -0.4 is 10.6 Å². The molecule has 1 aromatic carbocycles. The van der Waals surface area contributed by atoms with E-state index in [1.54, 1.807) is 6.08 Å². The SMILES string of the molecule is O=C(CCC(F)(F)F)N[C@H]1CCCCCC=CC2C[C@@]2(C(=O)O)NC(=O)[C@@H]2C[C@@H](OC(=O)N3Cc4ccccc4C3)CN2C1=O. The molecule has 0 aromatic heterocycles. The predicted octanol–water partition coefficient (Wildman–Crippen LogP) is 3.42. The Morgan fingerprint density at radius 3 is 2.47 bits per heavy atom. The monoisotopic (exact) mass is 634 g/mol. The summed E-state index contributed by atoms with van der Waals surface area (Å²) < 4.78 is 44.0. The number of ether oxygens (including phenoxy) is 1. The first-order chi connectivity index (χ1) is 21.4. The number of hydrogen-bond donors (Lipinski definition) is 3. The third-order valence-corrected chi connectivity index (χ3v) is 8.96. The molecule has 1 aromatic rings. The molecule has 1 aliphatic carbocycles. The second-order valence-electron chi connectivity index (χ2n) is 12.3. The molecule has 5 rings (SSSR count). The number of carboxylic acid groups (broad SMARTS) is 1. The van der Waals surface area contributed by atoms with E-state index in [-0.39, 0.29) is 25.8 Å². The van der Waals surface area contributed by atoms with Crippen molar-refractivity contribution in [3.05, 3.63) is 47.5 Å². The maximum atomic E-state index is 13.9. The fraction of sp³-hybridized carbons (Fsp3) is 0.581. The summed E-state index contributed by atoms with van der Waals surface area (Å²) >= 11 is 0. The van der Waals surface area contributed by atoms with Crippen LogP contribution in [0.5, 0.6) is 0 Å². The number of alkyl halides is 3. The highest BCUT2D eigenvalue weighted by molar-refractivity contribution is 5.96. The minimum Gasteiger partial charge on any atom is -0.479 e. The van der Waals surface area contributed by atoms with Crippen LogP contribution in [0.4, 0.5) is 18.0 Å². The minimum atomic E-state index is -4.55. The van der Waals surface area contributed by atoms with Crippen molar-refractivity contribution in [3.8, 4) is 0 Å². The topological polar surface area (TPSA) is 145 Å². The maximum Gasteiger partial charge on any atom is 0.410 e. The number of nitrogens with zero attached hydrogens (tertiary/aromatic N) is 2. The van der Waals surface area contributed by atoms with E-state index < -0.39 is 78.4 Å². The third kappa shape index (κ3) is 7.59. The molecule has 3 N–H and O–H groups in total. The molecule has 14 heteroatoms. The Labute approximate surface area is 258 Å². The molecule has 5 atom stereocenters. The summed E-state index contributed by atoms with van der Waals surface area (Å²) in [4.78, 5) is 68.1. The molecule has 3 heterocycles. The van der Waals surface area contributed by atoms with Crippen molar-refractivity contribution in [2.75, 3.05) is 6.54 Å². The van der Waals surface area contributed by atoms with Gasteiger partial charge in [0.25, 0.3) is 0 Å². The van der Waals surface area contributed by atoms with Gasteiger partial charge >= 0.3 is 18.2 Å². The summed E-state index contributed by atoms with van der Waals surface area (Å²) in [7, 11) is 0. The zero-order valence-corrected chi connectivity index (χ0v) is 24.7. The van der Waals surface area contributed by atoms with Gasteiger partial charge < -0.3 is 25.4 Å². The summed E-state index contributed by atoms with van der Waals surface area (Å²) in [6, 6.07) is 5.09. The molecule has 0 radical (unpaired) electrons. The van der Waals surface area contributed by atoms with Gasteiger partial charge in [-0.1, -0.05) is 49.3 Å². The van der Waals surface area contributed by atoms with Crippen LogP contribution in [0.25, 0.3) is 0 Å². The highest BCUT2D eigenvalue weighted by Crippen LogP contribution is 2.45. The average Bonchev–Trinajstić information content (AvgIpc) is 3.30. The lowest BCUT2D eigenvalue weighted by atomic mass is 10.0. The van der Waals surface area contributed by atoms with Crippen LogP contribution in [0.3, 0.4) is 0 Å². The first-order valence-corrected chi connectivity index (χ1v) is 15.3. The van der Waals surface area contributed by atoms with Crippen LogP contribution in [0.1, 0.15) is 68.9 Å². The van der Waals surface area contributed by atoms with Crippen molar-refractivity contribution in [2.45, 2.75) is 101 Å². The number of rotatable bonds is 5. The molecule has 4 aliphatic rings. The van der Waals surface area contributed by atoms with E-state index >= 15 is 0 Å². The second-order valence-corrected chi connectivity index (χ2v) is 12.3. The van der Waals surface area contributed by atoms with Gasteiger partial charge in [-0.25, -0.2) is 9.59 Å². The molecule has 2 fully saturated rings. The van der Waals surface area contributed by atoms with E-state index in [1.165, 1.54) is 4.90 Å². The van der Waals surface area contributed by atoms with Gasteiger partial charge in [0.15, 0.2) is 0 Å². The Balaban J connectivity index is 1.35. The summed E-state index contributed by atoms with van der Waals surface area (Å²) in [6.45, 7) is 0.453. The lowest BCUT2D eigenvalue weighted by molar-refractivity contribution is -0.147. The molecule has 1 saturated carbocycles. The van der Waals surface area contributed by atoms with Gasteiger partial charge in [-0.05, 0) is 36.8 Å². The van der Waals surface area contributed by atoms with Crippen LogP contribution in [0, 0.1) is 5.92 Å². The van der Waals surface area contributed by atoms with Crippen molar-refractivity contribution in [3.63, 3.8) is 0 Å². The van der Waals surface area contributed by atoms with E-state index in [1.807, 2.05) is 30.3 Å². The minimum absolute atomic E-state index is 0.116. The molecule has 11 nitrogen and oxygen atoms in total. The number of carbonyl (C=O) groups is 5. The van der Waals surface area contributed by atoms with Gasteiger partial charge in [0.1, 0.15) is 23.7 Å². The zero-order chi connectivity index (χ0) is 32.4. The zero-order valence-electron chi connectivity index (χ0n) is 24.7. The number of nitrogens with one attached hydrogen (secondary N) is 2. The van der Waals surface area contributed by atoms with Crippen molar-refractivity contribution in [1.29, 1.82) is 0 Å². The molecule has 45 heavy (non-hydrogen) atoms. The van der Waals surface area contributed by atoms with Crippen LogP contribution in [0.15, 0.2) is 36.4 Å². The number of fused-ring (bicyclic) bond motifs is 3. The smallest absolute Gasteiger partial charge is 0.410 e. The van der Waals surface area contributed by atoms with E-state index in [2.05, 4.69) is 10.6 Å². The fourth-order valence-corrected chi connectivity index (χ4v) is 6.35. The number of carboxylic acids is 1. The normalized spacial score (nSPS) is 28.6. The first kappa shape index (κ1) is 32.3. The Bertz CT molecular complexity index is 1340. The van der Waals surface area contributed by atoms with Gasteiger partial charge in [0, 0.05) is 31.8 Å². The lowest BCUT2D eigenvalue weighted by Gasteiger charge is -2.29. The molecule has 1 saturated heterocycles. The second kappa shape index (κ2) is 13.1. The van der Waals surface area contributed by atoms with Gasteiger partial charge in [-0.2, -0.15) is 13.2 Å². The largest absolute Gasteiger partial charge is 0.479 e. The molecule has 0 spiro atoms. The number of aliphatic carboxylic acids is 1. The van der Waals surface area contributed by atoms with Crippen molar-refractivity contribution in [2.24, 2.45) is 5.92 Å². The average molecular weight is 635 g/mol. The highest BCUT2D eigenvalue weighted by Gasteiger charge is 2.61. The predicted molar refractivity (Wildman–Crippen MR) is 152 cm³/mol. The molecule has 0 bridgehead atoms. The van der Waals surface area contributed by atoms with Gasteiger partial charge in [0.2, 0.25) is 17.7 Å². The van der Waals surface area contributed by atoms with Crippen LogP contribution in [-0.2, 0) is 37.0 Å². The van der Waals surface area contributed by atoms with E-state index in [9.17, 15) is 42.3 Å². The summed E-state index contributed by atoms with van der Waals surface area (Å²) in [5.74, 6) is -4.04. The van der Waals surface area contributed by atoms with Crippen LogP contribution >= 0.6 is 0 Å². The van der Waals surface area contributed by atoms with Crippen molar-refractivity contribution in [1.82, 2.24) is 20.4 Å². The van der Waals surface area contributed by atoms with Crippen LogP contribution in [-0.4, -0.2) is 81.1 Å². The Morgan fingerprint density at radius 2 is 1.80 bits per heavy atom. The lowest BCUT2D eigenvalue weighted by Crippen LogP contribution is -2.56. The number of amides is 4. The van der Waals surface area contributed by atoms with Crippen LogP contribution in [0.2, 0.25) is 0 Å². The first-order valence-electron chi connectivity index (χ1n) is 15.3. The number of allylic oxidation sites excluding steroid dienone is 1. The van der Waals surface area contributed by atoms with Crippen molar-refractivity contribution < 1.29 is 47.0 Å². The molecule has 3 aliphatic heterocycles. The number of benzene rings is 1. The van der Waals surface area contributed by atoms with Gasteiger partial charge in [-0.3, -0.25) is 19.3 Å². The maximum absolute atomic E-state index is 13.9. The number of hydrogen-bond acceptors (Lipinski definition) is 6. The third-order valence-electron chi connectivity index (χ3n) is 8.96. The number of halogens is 3. The Hall–Kier alpha value is -4.10. The fourth-order valence-electron chi connectivity index (χ4n) is 6.35. The summed E-state index contributed by atoms with van der Waals surface area (Å²) in [5.41, 5.74) is 0.405. The molecular formula is C31H37F3N4O7.